The fraction of sp³-hybridized carbons (Fsp3) is 0.316. The molecule has 0 saturated heterocycles. The lowest BCUT2D eigenvalue weighted by Gasteiger charge is -2.15. The number of aliphatic hydroxyl groups is 1. The molecule has 26 heavy (non-hydrogen) atoms. The van der Waals surface area contributed by atoms with Crippen molar-refractivity contribution in [3.63, 3.8) is 0 Å². The van der Waals surface area contributed by atoms with E-state index in [0.717, 1.165) is 11.1 Å². The molecule has 1 aliphatic carbocycles. The molecule has 3 aromatic rings. The third kappa shape index (κ3) is 2.85. The van der Waals surface area contributed by atoms with Crippen molar-refractivity contribution < 1.29 is 9.84 Å². The second-order valence-corrected chi connectivity index (χ2v) is 6.54. The zero-order valence-corrected chi connectivity index (χ0v) is 14.1. The van der Waals surface area contributed by atoms with Crippen LogP contribution in [0.15, 0.2) is 42.6 Å². The molecule has 1 aliphatic rings. The number of rotatable bonds is 4. The van der Waals surface area contributed by atoms with Gasteiger partial charge in [0.05, 0.1) is 29.6 Å². The molecule has 0 amide bonds. The lowest BCUT2D eigenvalue weighted by atomic mass is 10.1. The zero-order valence-electron chi connectivity index (χ0n) is 14.1. The summed E-state index contributed by atoms with van der Waals surface area (Å²) in [6.07, 6.45) is 2.08. The summed E-state index contributed by atoms with van der Waals surface area (Å²) in [7, 11) is 0. The summed E-state index contributed by atoms with van der Waals surface area (Å²) in [4.78, 5) is 4.31. The Kier molecular flexibility index (Phi) is 4.19. The van der Waals surface area contributed by atoms with E-state index >= 15 is 0 Å². The van der Waals surface area contributed by atoms with Crippen molar-refractivity contribution in [1.82, 2.24) is 14.8 Å². The van der Waals surface area contributed by atoms with E-state index in [1.807, 2.05) is 36.4 Å². The zero-order chi connectivity index (χ0) is 18.1. The number of nitrogens with two attached hydrogens (primary N) is 1. The van der Waals surface area contributed by atoms with Gasteiger partial charge < -0.3 is 15.6 Å². The monoisotopic (exact) mass is 349 g/mol. The van der Waals surface area contributed by atoms with Crippen molar-refractivity contribution >= 4 is 16.7 Å². The van der Waals surface area contributed by atoms with Gasteiger partial charge in [-0.15, -0.1) is 0 Å². The number of hydrogen-bond donors (Lipinski definition) is 2. The Hall–Kier alpha value is -3.11. The number of pyridine rings is 1. The molecule has 2 aromatic heterocycles. The Labute approximate surface area is 150 Å². The van der Waals surface area contributed by atoms with Crippen LogP contribution in [0.5, 0.6) is 5.88 Å². The van der Waals surface area contributed by atoms with Crippen LogP contribution in [-0.2, 0) is 6.61 Å². The first-order chi connectivity index (χ1) is 12.7. The molecule has 1 unspecified atom stereocenters. The highest BCUT2D eigenvalue weighted by Gasteiger charge is 2.36. The first-order valence-corrected chi connectivity index (χ1v) is 8.54. The maximum Gasteiger partial charge on any atom is 0.227 e. The summed E-state index contributed by atoms with van der Waals surface area (Å²) in [5.41, 5.74) is 7.93. The minimum absolute atomic E-state index is 0.209. The Morgan fingerprint density at radius 3 is 2.85 bits per heavy atom. The maximum absolute atomic E-state index is 9.95. The third-order valence-corrected chi connectivity index (χ3v) is 4.82. The van der Waals surface area contributed by atoms with Crippen LogP contribution in [0.2, 0.25) is 0 Å². The van der Waals surface area contributed by atoms with Gasteiger partial charge >= 0.3 is 0 Å². The number of aromatic nitrogens is 3. The van der Waals surface area contributed by atoms with Crippen molar-refractivity contribution in [2.45, 2.75) is 31.6 Å². The molecule has 7 nitrogen and oxygen atoms in total. The highest BCUT2D eigenvalue weighted by molar-refractivity contribution is 5.93. The van der Waals surface area contributed by atoms with Crippen LogP contribution in [0.25, 0.3) is 10.9 Å². The van der Waals surface area contributed by atoms with Crippen molar-refractivity contribution in [1.29, 1.82) is 5.26 Å². The van der Waals surface area contributed by atoms with Gasteiger partial charge in [-0.2, -0.15) is 10.4 Å². The largest absolute Gasteiger partial charge is 0.472 e. The summed E-state index contributed by atoms with van der Waals surface area (Å²) in [5.74, 6) is 0.436. The second-order valence-electron chi connectivity index (χ2n) is 6.54. The molecule has 3 N–H and O–H groups in total. The number of fused-ring (bicyclic) bond motifs is 1. The third-order valence-electron chi connectivity index (χ3n) is 4.82. The van der Waals surface area contributed by atoms with Gasteiger partial charge in [0, 0.05) is 6.20 Å². The van der Waals surface area contributed by atoms with Crippen LogP contribution in [-0.4, -0.2) is 26.0 Å². The summed E-state index contributed by atoms with van der Waals surface area (Å²) < 4.78 is 7.62. The van der Waals surface area contributed by atoms with Gasteiger partial charge in [0.25, 0.3) is 0 Å². The van der Waals surface area contributed by atoms with Crippen LogP contribution in [0.1, 0.15) is 24.4 Å². The molecular weight excluding hydrogens is 330 g/mol. The number of aliphatic hydroxyl groups excluding tert-OH is 1. The van der Waals surface area contributed by atoms with Crippen LogP contribution >= 0.6 is 0 Å². The van der Waals surface area contributed by atoms with Gasteiger partial charge in [0.15, 0.2) is 5.82 Å². The first kappa shape index (κ1) is 16.4. The molecule has 3 atom stereocenters. The Balaban J connectivity index is 1.69. The summed E-state index contributed by atoms with van der Waals surface area (Å²) in [6.45, 7) is 0.376. The van der Waals surface area contributed by atoms with Crippen LogP contribution < -0.4 is 10.5 Å². The maximum atomic E-state index is 9.95. The van der Waals surface area contributed by atoms with Crippen molar-refractivity contribution in [3.05, 3.63) is 48.2 Å². The minimum Gasteiger partial charge on any atom is -0.472 e. The highest BCUT2D eigenvalue weighted by atomic mass is 16.5. The molecule has 0 bridgehead atoms. The number of nitrogens with zero attached hydrogens (tertiary/aromatic N) is 4. The molecule has 1 saturated carbocycles. The fourth-order valence-electron chi connectivity index (χ4n) is 3.57. The van der Waals surface area contributed by atoms with E-state index in [0.29, 0.717) is 36.5 Å². The van der Waals surface area contributed by atoms with Crippen LogP contribution in [0.4, 0.5) is 5.82 Å². The van der Waals surface area contributed by atoms with Gasteiger partial charge in [-0.1, -0.05) is 30.3 Å². The average Bonchev–Trinajstić information content (AvgIpc) is 3.21. The predicted octanol–water partition coefficient (Wildman–Crippen LogP) is 2.43. The Morgan fingerprint density at radius 1 is 1.27 bits per heavy atom. The van der Waals surface area contributed by atoms with Crippen molar-refractivity contribution in [2.24, 2.45) is 5.92 Å². The molecule has 0 spiro atoms. The molecule has 7 heteroatoms. The molecule has 0 aliphatic heterocycles. The van der Waals surface area contributed by atoms with Gasteiger partial charge in [0.2, 0.25) is 5.88 Å². The fourth-order valence-corrected chi connectivity index (χ4v) is 3.57. The molecular formula is C19H19N5O2. The number of ether oxygens (including phenoxy) is 1. The number of benzene rings is 1. The van der Waals surface area contributed by atoms with Crippen LogP contribution in [0, 0.1) is 17.2 Å². The predicted molar refractivity (Wildman–Crippen MR) is 96.1 cm³/mol. The lowest BCUT2D eigenvalue weighted by Crippen LogP contribution is -2.14. The summed E-state index contributed by atoms with van der Waals surface area (Å²) in [6, 6.07) is 13.7. The molecule has 1 fully saturated rings. The standard InChI is InChI=1S/C19H19N5O2/c20-10-13-8-14(25)9-16(13)24-15-6-7-22-19(17(15)18(21)23-24)26-11-12-4-2-1-3-5-12/h1-7,13-14,16,25H,8-9,11H2,(H2,21,23)/t13-,14?,16-/m0/s1. The molecule has 4 rings (SSSR count). The summed E-state index contributed by atoms with van der Waals surface area (Å²) >= 11 is 0. The van der Waals surface area contributed by atoms with E-state index in [1.165, 1.54) is 0 Å². The van der Waals surface area contributed by atoms with E-state index < -0.39 is 6.10 Å². The quantitative estimate of drug-likeness (QED) is 0.748. The smallest absolute Gasteiger partial charge is 0.227 e. The van der Waals surface area contributed by atoms with E-state index in [2.05, 4.69) is 16.2 Å². The number of hydrogen-bond acceptors (Lipinski definition) is 6. The number of anilines is 1. The highest BCUT2D eigenvalue weighted by Crippen LogP contribution is 2.39. The summed E-state index contributed by atoms with van der Waals surface area (Å²) in [5, 5.41) is 24.4. The average molecular weight is 349 g/mol. The van der Waals surface area contributed by atoms with Gasteiger partial charge in [-0.25, -0.2) is 4.98 Å². The van der Waals surface area contributed by atoms with Crippen molar-refractivity contribution in [3.8, 4) is 11.9 Å². The van der Waals surface area contributed by atoms with Crippen molar-refractivity contribution in [2.75, 3.05) is 5.73 Å². The number of nitriles is 1. The lowest BCUT2D eigenvalue weighted by molar-refractivity contribution is 0.176. The van der Waals surface area contributed by atoms with Crippen LogP contribution in [0.3, 0.4) is 0 Å². The molecule has 1 aromatic carbocycles. The second kappa shape index (κ2) is 6.65. The van der Waals surface area contributed by atoms with Gasteiger partial charge in [0.1, 0.15) is 12.0 Å². The van der Waals surface area contributed by atoms with Gasteiger partial charge in [-0.05, 0) is 24.5 Å². The topological polar surface area (TPSA) is 110 Å². The van der Waals surface area contributed by atoms with E-state index in [1.54, 1.807) is 10.9 Å². The Morgan fingerprint density at radius 2 is 2.08 bits per heavy atom. The molecule has 132 valence electrons. The van der Waals surface area contributed by atoms with E-state index in [9.17, 15) is 10.4 Å². The SMILES string of the molecule is N#C[C@@H]1CC(O)C[C@@H]1n1nc(N)c2c(OCc3ccccc3)nccc21. The molecule has 2 heterocycles. The minimum atomic E-state index is -0.499. The van der Waals surface area contributed by atoms with E-state index in [4.69, 9.17) is 10.5 Å². The molecule has 0 radical (unpaired) electrons. The Bertz CT molecular complexity index is 963. The normalized spacial score (nSPS) is 22.4. The van der Waals surface area contributed by atoms with E-state index in [-0.39, 0.29) is 12.0 Å². The number of nitrogen functional groups attached to an aromatic ring is 1. The first-order valence-electron chi connectivity index (χ1n) is 8.54. The van der Waals surface area contributed by atoms with Gasteiger partial charge in [-0.3, -0.25) is 4.68 Å².